The van der Waals surface area contributed by atoms with Gasteiger partial charge in [-0.3, -0.25) is 9.79 Å². The van der Waals surface area contributed by atoms with Gasteiger partial charge in [-0.25, -0.2) is 0 Å². The zero-order valence-electron chi connectivity index (χ0n) is 11.2. The molecule has 2 atom stereocenters. The molecule has 0 spiro atoms. The minimum atomic E-state index is 0.0637. The van der Waals surface area contributed by atoms with E-state index in [1.165, 1.54) is 5.56 Å². The number of hydrogen-bond acceptors (Lipinski definition) is 5. The number of aliphatic imine (C=N–C) groups is 1. The van der Waals surface area contributed by atoms with E-state index in [4.69, 9.17) is 14.2 Å². The molecule has 2 heterocycles. The van der Waals surface area contributed by atoms with Crippen molar-refractivity contribution in [3.63, 3.8) is 0 Å². The summed E-state index contributed by atoms with van der Waals surface area (Å²) in [7, 11) is 1.63. The molecule has 3 aliphatic rings. The fourth-order valence-electron chi connectivity index (χ4n) is 3.36. The SMILES string of the molecule is COc1c2c(cc3c1OCO3)[C@H]1CCC(=O)C[C@@H]1N=C2. The molecule has 0 N–H and O–H groups in total. The van der Waals surface area contributed by atoms with E-state index in [1.807, 2.05) is 12.3 Å². The Morgan fingerprint density at radius 1 is 1.40 bits per heavy atom. The molecule has 1 aromatic rings. The summed E-state index contributed by atoms with van der Waals surface area (Å²) in [5, 5.41) is 0. The molecule has 1 fully saturated rings. The van der Waals surface area contributed by atoms with Crippen LogP contribution < -0.4 is 14.2 Å². The summed E-state index contributed by atoms with van der Waals surface area (Å²) in [5.41, 5.74) is 2.13. The van der Waals surface area contributed by atoms with Gasteiger partial charge in [0.1, 0.15) is 5.78 Å². The minimum Gasteiger partial charge on any atom is -0.492 e. The van der Waals surface area contributed by atoms with Crippen molar-refractivity contribution in [3.8, 4) is 17.2 Å². The molecule has 5 nitrogen and oxygen atoms in total. The standard InChI is InChI=1S/C15H15NO4/c1-18-14-11-6-16-12-4-8(17)2-3-9(12)10(11)5-13-15(14)20-7-19-13/h5-6,9,12H,2-4,7H2,1H3/t9-,12+/m1/s1. The number of benzene rings is 1. The maximum atomic E-state index is 11.6. The van der Waals surface area contributed by atoms with Crippen molar-refractivity contribution >= 4 is 12.0 Å². The fourth-order valence-corrected chi connectivity index (χ4v) is 3.36. The van der Waals surface area contributed by atoms with Crippen LogP contribution >= 0.6 is 0 Å². The molecular formula is C15H15NO4. The first kappa shape index (κ1) is 11.8. The lowest BCUT2D eigenvalue weighted by Crippen LogP contribution is -2.30. The topological polar surface area (TPSA) is 57.1 Å². The summed E-state index contributed by atoms with van der Waals surface area (Å²) in [5.74, 6) is 2.65. The maximum Gasteiger partial charge on any atom is 0.231 e. The lowest BCUT2D eigenvalue weighted by molar-refractivity contribution is -0.120. The van der Waals surface area contributed by atoms with Crippen LogP contribution in [-0.4, -0.2) is 31.9 Å². The van der Waals surface area contributed by atoms with Crippen LogP contribution in [0.4, 0.5) is 0 Å². The van der Waals surface area contributed by atoms with E-state index in [1.54, 1.807) is 7.11 Å². The molecule has 0 aromatic heterocycles. The largest absolute Gasteiger partial charge is 0.492 e. The van der Waals surface area contributed by atoms with Crippen LogP contribution in [0.3, 0.4) is 0 Å². The Balaban J connectivity index is 1.86. The van der Waals surface area contributed by atoms with E-state index in [-0.39, 0.29) is 18.8 Å². The molecule has 1 aromatic carbocycles. The number of rotatable bonds is 1. The number of nitrogens with zero attached hydrogens (tertiary/aromatic N) is 1. The van der Waals surface area contributed by atoms with Crippen molar-refractivity contribution in [1.82, 2.24) is 0 Å². The first-order chi connectivity index (χ1) is 9.78. The number of carbonyl (C=O) groups excluding carboxylic acids is 1. The lowest BCUT2D eigenvalue weighted by Gasteiger charge is -2.33. The number of Topliss-reactive ketones (excluding diaryl/α,β-unsaturated/α-hetero) is 1. The molecule has 0 amide bonds. The van der Waals surface area contributed by atoms with Gasteiger partial charge in [-0.2, -0.15) is 0 Å². The van der Waals surface area contributed by atoms with Crippen molar-refractivity contribution in [2.24, 2.45) is 4.99 Å². The molecule has 104 valence electrons. The average Bonchev–Trinajstić information content (AvgIpc) is 2.92. The molecule has 20 heavy (non-hydrogen) atoms. The summed E-state index contributed by atoms with van der Waals surface area (Å²) < 4.78 is 16.5. The average molecular weight is 273 g/mol. The van der Waals surface area contributed by atoms with Crippen LogP contribution in [0, 0.1) is 0 Å². The summed E-state index contributed by atoms with van der Waals surface area (Å²) >= 11 is 0. The molecule has 2 aliphatic heterocycles. The Morgan fingerprint density at radius 2 is 2.30 bits per heavy atom. The highest BCUT2D eigenvalue weighted by atomic mass is 16.7. The maximum absolute atomic E-state index is 11.6. The van der Waals surface area contributed by atoms with Crippen molar-refractivity contribution in [2.75, 3.05) is 13.9 Å². The van der Waals surface area contributed by atoms with Crippen molar-refractivity contribution in [2.45, 2.75) is 31.2 Å². The second-order valence-electron chi connectivity index (χ2n) is 5.38. The zero-order chi connectivity index (χ0) is 13.7. The number of fused-ring (bicyclic) bond motifs is 4. The predicted octanol–water partition coefficient (Wildman–Crippen LogP) is 2.06. The van der Waals surface area contributed by atoms with Gasteiger partial charge < -0.3 is 14.2 Å². The molecule has 0 bridgehead atoms. The first-order valence-corrected chi connectivity index (χ1v) is 6.83. The number of methoxy groups -OCH3 is 1. The third kappa shape index (κ3) is 1.55. The van der Waals surface area contributed by atoms with E-state index < -0.39 is 0 Å². The van der Waals surface area contributed by atoms with E-state index in [2.05, 4.69) is 4.99 Å². The van der Waals surface area contributed by atoms with Gasteiger partial charge in [0.15, 0.2) is 11.5 Å². The Labute approximate surface area is 116 Å². The molecule has 1 saturated carbocycles. The normalized spacial score (nSPS) is 26.1. The van der Waals surface area contributed by atoms with Gasteiger partial charge in [0.05, 0.1) is 13.2 Å². The number of ether oxygens (including phenoxy) is 3. The highest BCUT2D eigenvalue weighted by Crippen LogP contribution is 2.49. The molecule has 4 rings (SSSR count). The van der Waals surface area contributed by atoms with Crippen molar-refractivity contribution < 1.29 is 19.0 Å². The highest BCUT2D eigenvalue weighted by Gasteiger charge is 2.37. The summed E-state index contributed by atoms with van der Waals surface area (Å²) in [6.07, 6.45) is 3.83. The third-order valence-electron chi connectivity index (χ3n) is 4.32. The van der Waals surface area contributed by atoms with Gasteiger partial charge in [-0.05, 0) is 18.1 Å². The van der Waals surface area contributed by atoms with Gasteiger partial charge >= 0.3 is 0 Å². The Morgan fingerprint density at radius 3 is 3.15 bits per heavy atom. The zero-order valence-corrected chi connectivity index (χ0v) is 11.2. The Kier molecular flexibility index (Phi) is 2.49. The molecule has 1 aliphatic carbocycles. The van der Waals surface area contributed by atoms with Gasteiger partial charge in [-0.15, -0.1) is 0 Å². The van der Waals surface area contributed by atoms with E-state index >= 15 is 0 Å². The van der Waals surface area contributed by atoms with E-state index in [9.17, 15) is 4.79 Å². The van der Waals surface area contributed by atoms with Crippen molar-refractivity contribution in [1.29, 1.82) is 0 Å². The molecule has 0 saturated heterocycles. The van der Waals surface area contributed by atoms with Gasteiger partial charge in [0.2, 0.25) is 12.5 Å². The third-order valence-corrected chi connectivity index (χ3v) is 4.32. The van der Waals surface area contributed by atoms with Gasteiger partial charge in [0, 0.05) is 30.5 Å². The fraction of sp³-hybridized carbons (Fsp3) is 0.467. The number of hydrogen-bond donors (Lipinski definition) is 0. The number of ketones is 1. The highest BCUT2D eigenvalue weighted by molar-refractivity contribution is 5.91. The molecule has 0 radical (unpaired) electrons. The molecule has 0 unspecified atom stereocenters. The summed E-state index contributed by atoms with van der Waals surface area (Å²) in [6.45, 7) is 0.221. The summed E-state index contributed by atoms with van der Waals surface area (Å²) in [6, 6.07) is 2.09. The smallest absolute Gasteiger partial charge is 0.231 e. The van der Waals surface area contributed by atoms with Crippen LogP contribution in [0.2, 0.25) is 0 Å². The van der Waals surface area contributed by atoms with Crippen LogP contribution in [0.15, 0.2) is 11.1 Å². The van der Waals surface area contributed by atoms with Crippen LogP contribution in [0.1, 0.15) is 36.3 Å². The quantitative estimate of drug-likeness (QED) is 0.786. The first-order valence-electron chi connectivity index (χ1n) is 6.83. The predicted molar refractivity (Wildman–Crippen MR) is 72.1 cm³/mol. The van der Waals surface area contributed by atoms with E-state index in [0.717, 1.165) is 17.7 Å². The second kappa shape index (κ2) is 4.23. The second-order valence-corrected chi connectivity index (χ2v) is 5.38. The van der Waals surface area contributed by atoms with Crippen LogP contribution in [0.5, 0.6) is 17.2 Å². The van der Waals surface area contributed by atoms with Gasteiger partial charge in [0.25, 0.3) is 0 Å². The number of carbonyl (C=O) groups is 1. The minimum absolute atomic E-state index is 0.0637. The van der Waals surface area contributed by atoms with Crippen molar-refractivity contribution in [3.05, 3.63) is 17.2 Å². The Bertz CT molecular complexity index is 623. The lowest BCUT2D eigenvalue weighted by atomic mass is 9.76. The van der Waals surface area contributed by atoms with Gasteiger partial charge in [-0.1, -0.05) is 0 Å². The van der Waals surface area contributed by atoms with Crippen LogP contribution in [-0.2, 0) is 4.79 Å². The van der Waals surface area contributed by atoms with Crippen LogP contribution in [0.25, 0.3) is 0 Å². The summed E-state index contributed by atoms with van der Waals surface area (Å²) in [4.78, 5) is 16.2. The molecular weight excluding hydrogens is 258 g/mol. The molecule has 5 heteroatoms. The Hall–Kier alpha value is -2.04. The monoisotopic (exact) mass is 273 g/mol. The van der Waals surface area contributed by atoms with E-state index in [0.29, 0.717) is 30.1 Å².